The van der Waals surface area contributed by atoms with Crippen LogP contribution in [0.25, 0.3) is 0 Å². The largest absolute Gasteiger partial charge is 0.322 e. The second-order valence-corrected chi connectivity index (χ2v) is 7.86. The Balaban J connectivity index is 1.47. The lowest BCUT2D eigenvalue weighted by Crippen LogP contribution is -2.56. The van der Waals surface area contributed by atoms with Gasteiger partial charge in [-0.25, -0.2) is 0 Å². The second kappa shape index (κ2) is 6.48. The monoisotopic (exact) mass is 356 g/mol. The minimum absolute atomic E-state index is 0.119. The molecule has 2 saturated heterocycles. The maximum absolute atomic E-state index is 12.8. The third-order valence-electron chi connectivity index (χ3n) is 5.65. The minimum Gasteiger partial charge on any atom is -0.322 e. The molecule has 3 amide bonds. The topological polar surface area (TPSA) is 90.5 Å². The van der Waals surface area contributed by atoms with Gasteiger partial charge in [-0.3, -0.25) is 19.7 Å². The predicted octanol–water partition coefficient (Wildman–Crippen LogP) is 0.147. The third kappa shape index (κ3) is 3.01. The zero-order valence-electron chi connectivity index (χ0n) is 14.9. The highest BCUT2D eigenvalue weighted by Gasteiger charge is 2.39. The smallest absolute Gasteiger partial charge is 0.255 e. The number of nitrogens with zero attached hydrogens (tertiary/aromatic N) is 1. The van der Waals surface area contributed by atoms with Crippen LogP contribution in [0, 0.1) is 5.41 Å². The first-order valence-electron chi connectivity index (χ1n) is 9.14. The van der Waals surface area contributed by atoms with Crippen LogP contribution in [-0.4, -0.2) is 48.3 Å². The van der Waals surface area contributed by atoms with Crippen LogP contribution < -0.4 is 16.0 Å². The fourth-order valence-corrected chi connectivity index (χ4v) is 3.99. The second-order valence-electron chi connectivity index (χ2n) is 7.86. The first-order valence-corrected chi connectivity index (χ1v) is 9.14. The zero-order valence-corrected chi connectivity index (χ0v) is 14.9. The highest BCUT2D eigenvalue weighted by Crippen LogP contribution is 2.30. The molecule has 3 aliphatic heterocycles. The Labute approximate surface area is 152 Å². The molecule has 0 radical (unpaired) electrons. The summed E-state index contributed by atoms with van der Waals surface area (Å²) >= 11 is 0. The molecule has 3 aliphatic rings. The Kier molecular flexibility index (Phi) is 4.28. The number of hydrogen-bond acceptors (Lipinski definition) is 5. The van der Waals surface area contributed by atoms with Crippen molar-refractivity contribution in [2.45, 2.75) is 38.9 Å². The van der Waals surface area contributed by atoms with E-state index in [0.717, 1.165) is 30.8 Å². The average molecular weight is 356 g/mol. The Hall–Kier alpha value is -2.25. The molecule has 138 valence electrons. The summed E-state index contributed by atoms with van der Waals surface area (Å²) in [5.74, 6) is -0.752. The van der Waals surface area contributed by atoms with Crippen molar-refractivity contribution in [2.75, 3.05) is 19.6 Å². The van der Waals surface area contributed by atoms with E-state index < -0.39 is 6.04 Å². The molecule has 1 aromatic rings. The van der Waals surface area contributed by atoms with Gasteiger partial charge in [0, 0.05) is 50.1 Å². The van der Waals surface area contributed by atoms with Crippen LogP contribution in [0.1, 0.15) is 41.3 Å². The normalized spacial score (nSPS) is 24.3. The van der Waals surface area contributed by atoms with Gasteiger partial charge in [0.2, 0.25) is 11.8 Å². The molecule has 0 bridgehead atoms. The Bertz CT molecular complexity index is 772. The van der Waals surface area contributed by atoms with Crippen LogP contribution in [-0.2, 0) is 22.7 Å². The molecule has 3 N–H and O–H groups in total. The van der Waals surface area contributed by atoms with Gasteiger partial charge >= 0.3 is 0 Å². The van der Waals surface area contributed by atoms with Crippen molar-refractivity contribution < 1.29 is 14.4 Å². The molecule has 1 aromatic carbocycles. The molecule has 3 heterocycles. The molecule has 7 nitrogen and oxygen atoms in total. The highest BCUT2D eigenvalue weighted by atomic mass is 16.2. The van der Waals surface area contributed by atoms with E-state index >= 15 is 0 Å². The number of hydrogen-bond donors (Lipinski definition) is 3. The molecule has 26 heavy (non-hydrogen) atoms. The first kappa shape index (κ1) is 17.2. The SMILES string of the molecule is CC1(CNCc2cccc3c2CN(C2CCC(=O)NC2=O)C3=O)CNC1. The predicted molar refractivity (Wildman–Crippen MR) is 95.2 cm³/mol. The van der Waals surface area contributed by atoms with Crippen molar-refractivity contribution in [2.24, 2.45) is 5.41 Å². The van der Waals surface area contributed by atoms with E-state index in [9.17, 15) is 14.4 Å². The standard InChI is InChI=1S/C19H24N4O3/c1-19(10-21-11-19)9-20-7-12-3-2-4-13-14(12)8-23(18(13)26)15-5-6-16(24)22-17(15)25/h2-4,15,20-21H,5-11H2,1H3,(H,22,24,25). The molecule has 4 rings (SSSR count). The maximum Gasteiger partial charge on any atom is 0.255 e. The number of benzene rings is 1. The molecule has 1 atom stereocenters. The molecule has 7 heteroatoms. The van der Waals surface area contributed by atoms with Crippen LogP contribution in [0.15, 0.2) is 18.2 Å². The van der Waals surface area contributed by atoms with E-state index in [4.69, 9.17) is 0 Å². The van der Waals surface area contributed by atoms with Crippen molar-refractivity contribution in [1.29, 1.82) is 0 Å². The summed E-state index contributed by atoms with van der Waals surface area (Å²) in [4.78, 5) is 37.9. The van der Waals surface area contributed by atoms with Crippen molar-refractivity contribution >= 4 is 17.7 Å². The Morgan fingerprint density at radius 2 is 2.08 bits per heavy atom. The van der Waals surface area contributed by atoms with Crippen molar-refractivity contribution in [3.05, 3.63) is 34.9 Å². The van der Waals surface area contributed by atoms with E-state index in [1.54, 1.807) is 4.90 Å². The summed E-state index contributed by atoms with van der Waals surface area (Å²) < 4.78 is 0. The first-order chi connectivity index (χ1) is 12.5. The van der Waals surface area contributed by atoms with Gasteiger partial charge in [-0.15, -0.1) is 0 Å². The van der Waals surface area contributed by atoms with Gasteiger partial charge in [-0.05, 0) is 23.6 Å². The lowest BCUT2D eigenvalue weighted by atomic mass is 9.84. The Morgan fingerprint density at radius 3 is 2.77 bits per heavy atom. The van der Waals surface area contributed by atoms with Gasteiger partial charge in [-0.1, -0.05) is 19.1 Å². The van der Waals surface area contributed by atoms with Crippen molar-refractivity contribution in [3.8, 4) is 0 Å². The van der Waals surface area contributed by atoms with Gasteiger partial charge in [0.1, 0.15) is 6.04 Å². The number of piperidine rings is 1. The number of amides is 3. The summed E-state index contributed by atoms with van der Waals surface area (Å²) in [5.41, 5.74) is 3.06. The maximum atomic E-state index is 12.8. The van der Waals surface area contributed by atoms with E-state index in [2.05, 4.69) is 22.9 Å². The van der Waals surface area contributed by atoms with E-state index in [1.807, 2.05) is 18.2 Å². The number of imide groups is 1. The van der Waals surface area contributed by atoms with Crippen LogP contribution in [0.4, 0.5) is 0 Å². The lowest BCUT2D eigenvalue weighted by molar-refractivity contribution is -0.136. The molecular weight excluding hydrogens is 332 g/mol. The van der Waals surface area contributed by atoms with Crippen molar-refractivity contribution in [3.63, 3.8) is 0 Å². The highest BCUT2D eigenvalue weighted by molar-refractivity contribution is 6.05. The average Bonchev–Trinajstić information content (AvgIpc) is 2.91. The molecule has 1 unspecified atom stereocenters. The van der Waals surface area contributed by atoms with Crippen LogP contribution in [0.3, 0.4) is 0 Å². The van der Waals surface area contributed by atoms with Crippen LogP contribution >= 0.6 is 0 Å². The summed E-state index contributed by atoms with van der Waals surface area (Å²) in [5, 5.41) is 9.14. The molecule has 0 saturated carbocycles. The lowest BCUT2D eigenvalue weighted by Gasteiger charge is -2.39. The summed E-state index contributed by atoms with van der Waals surface area (Å²) in [6.45, 7) is 6.35. The number of fused-ring (bicyclic) bond motifs is 1. The van der Waals surface area contributed by atoms with E-state index in [-0.39, 0.29) is 24.1 Å². The van der Waals surface area contributed by atoms with Gasteiger partial charge in [0.05, 0.1) is 0 Å². The van der Waals surface area contributed by atoms with Gasteiger partial charge in [-0.2, -0.15) is 0 Å². The minimum atomic E-state index is -0.562. The summed E-state index contributed by atoms with van der Waals surface area (Å²) in [7, 11) is 0. The van der Waals surface area contributed by atoms with Crippen LogP contribution in [0.2, 0.25) is 0 Å². The number of carbonyl (C=O) groups excluding carboxylic acids is 3. The summed E-state index contributed by atoms with van der Waals surface area (Å²) in [6, 6.07) is 5.20. The number of rotatable bonds is 5. The third-order valence-corrected chi connectivity index (χ3v) is 5.65. The molecule has 0 aliphatic carbocycles. The van der Waals surface area contributed by atoms with E-state index in [0.29, 0.717) is 30.5 Å². The number of carbonyl (C=O) groups is 3. The van der Waals surface area contributed by atoms with Gasteiger partial charge in [0.25, 0.3) is 5.91 Å². The number of nitrogens with one attached hydrogen (secondary N) is 3. The quantitative estimate of drug-likeness (QED) is 0.653. The Morgan fingerprint density at radius 1 is 1.27 bits per heavy atom. The molecule has 2 fully saturated rings. The van der Waals surface area contributed by atoms with E-state index in [1.165, 1.54) is 0 Å². The van der Waals surface area contributed by atoms with Gasteiger partial charge in [0.15, 0.2) is 0 Å². The van der Waals surface area contributed by atoms with Crippen molar-refractivity contribution in [1.82, 2.24) is 20.9 Å². The van der Waals surface area contributed by atoms with Gasteiger partial charge < -0.3 is 15.5 Å². The fraction of sp³-hybridized carbons (Fsp3) is 0.526. The van der Waals surface area contributed by atoms with Crippen LogP contribution in [0.5, 0.6) is 0 Å². The zero-order chi connectivity index (χ0) is 18.3. The molecule has 0 spiro atoms. The summed E-state index contributed by atoms with van der Waals surface area (Å²) in [6.07, 6.45) is 0.668. The molecular formula is C19H24N4O3. The fourth-order valence-electron chi connectivity index (χ4n) is 3.99. The molecule has 0 aromatic heterocycles.